The molecule has 1 saturated heterocycles. The van der Waals surface area contributed by atoms with Crippen LogP contribution in [0.25, 0.3) is 0 Å². The van der Waals surface area contributed by atoms with E-state index in [2.05, 4.69) is 15.9 Å². The topological polar surface area (TPSA) is 29.5 Å². The molecule has 1 aromatic rings. The molecule has 1 aliphatic heterocycles. The average Bonchev–Trinajstić information content (AvgIpc) is 2.75. The van der Waals surface area contributed by atoms with Crippen molar-refractivity contribution in [1.82, 2.24) is 0 Å². The Hall–Kier alpha value is 0.100. The highest BCUT2D eigenvalue weighted by Gasteiger charge is 2.22. The lowest BCUT2D eigenvalue weighted by atomic mass is 10.1. The van der Waals surface area contributed by atoms with E-state index in [-0.39, 0.29) is 12.2 Å². The van der Waals surface area contributed by atoms with Crippen LogP contribution < -0.4 is 0 Å². The highest BCUT2D eigenvalue weighted by Crippen LogP contribution is 2.33. The van der Waals surface area contributed by atoms with Gasteiger partial charge in [0.1, 0.15) is 0 Å². The second kappa shape index (κ2) is 4.75. The zero-order valence-corrected chi connectivity index (χ0v) is 10.2. The number of hydrogen-bond acceptors (Lipinski definition) is 3. The molecular formula is C10H13BrO2S. The Kier molecular flexibility index (Phi) is 3.60. The Balaban J connectivity index is 1.95. The lowest BCUT2D eigenvalue weighted by Gasteiger charge is -2.14. The number of aliphatic hydroxyl groups is 1. The number of ether oxygens (including phenoxy) is 1. The van der Waals surface area contributed by atoms with Crippen molar-refractivity contribution in [1.29, 1.82) is 0 Å². The highest BCUT2D eigenvalue weighted by atomic mass is 79.9. The van der Waals surface area contributed by atoms with E-state index in [0.29, 0.717) is 0 Å². The van der Waals surface area contributed by atoms with Crippen molar-refractivity contribution < 1.29 is 9.84 Å². The lowest BCUT2D eigenvalue weighted by Crippen LogP contribution is -2.10. The third-order valence-electron chi connectivity index (χ3n) is 2.46. The summed E-state index contributed by atoms with van der Waals surface area (Å²) in [6.07, 6.45) is 2.80. The van der Waals surface area contributed by atoms with Crippen LogP contribution in [0.15, 0.2) is 15.9 Å². The van der Waals surface area contributed by atoms with Gasteiger partial charge in [-0.05, 0) is 40.2 Å². The van der Waals surface area contributed by atoms with Crippen molar-refractivity contribution in [3.63, 3.8) is 0 Å². The first kappa shape index (κ1) is 10.6. The first-order valence-electron chi connectivity index (χ1n) is 4.80. The molecule has 2 nitrogen and oxygen atoms in total. The van der Waals surface area contributed by atoms with E-state index < -0.39 is 0 Å². The lowest BCUT2D eigenvalue weighted by molar-refractivity contribution is 0.0546. The molecule has 1 N–H and O–H groups in total. The second-order valence-corrected chi connectivity index (χ2v) is 5.32. The number of halogens is 1. The third kappa shape index (κ3) is 2.37. The second-order valence-electron chi connectivity index (χ2n) is 3.52. The van der Waals surface area contributed by atoms with Crippen LogP contribution in [0.4, 0.5) is 0 Å². The zero-order chi connectivity index (χ0) is 9.97. The van der Waals surface area contributed by atoms with Gasteiger partial charge in [0.25, 0.3) is 0 Å². The molecule has 2 atom stereocenters. The Morgan fingerprint density at radius 1 is 1.71 bits per heavy atom. The minimum Gasteiger partial charge on any atom is -0.387 e. The van der Waals surface area contributed by atoms with Gasteiger partial charge in [-0.1, -0.05) is 0 Å². The van der Waals surface area contributed by atoms with Crippen molar-refractivity contribution >= 4 is 27.3 Å². The van der Waals surface area contributed by atoms with Crippen molar-refractivity contribution in [3.8, 4) is 0 Å². The molecule has 4 heteroatoms. The third-order valence-corrected chi connectivity index (χ3v) is 4.43. The van der Waals surface area contributed by atoms with Gasteiger partial charge >= 0.3 is 0 Å². The van der Waals surface area contributed by atoms with Gasteiger partial charge in [-0.15, -0.1) is 11.3 Å². The predicted molar refractivity (Wildman–Crippen MR) is 60.6 cm³/mol. The van der Waals surface area contributed by atoms with Crippen molar-refractivity contribution in [2.75, 3.05) is 6.61 Å². The molecule has 0 bridgehead atoms. The molecule has 0 aromatic carbocycles. The van der Waals surface area contributed by atoms with E-state index in [4.69, 9.17) is 4.74 Å². The summed E-state index contributed by atoms with van der Waals surface area (Å²) < 4.78 is 6.50. The van der Waals surface area contributed by atoms with E-state index in [1.165, 1.54) is 0 Å². The van der Waals surface area contributed by atoms with Crippen LogP contribution in [0.5, 0.6) is 0 Å². The summed E-state index contributed by atoms with van der Waals surface area (Å²) in [4.78, 5) is 1.01. The number of rotatable bonds is 3. The quantitative estimate of drug-likeness (QED) is 0.919. The van der Waals surface area contributed by atoms with Gasteiger partial charge in [-0.3, -0.25) is 0 Å². The minimum atomic E-state index is -0.382. The predicted octanol–water partition coefficient (Wildman–Crippen LogP) is 3.11. The van der Waals surface area contributed by atoms with Crippen molar-refractivity contribution in [2.24, 2.45) is 0 Å². The molecule has 0 amide bonds. The molecule has 1 aliphatic rings. The van der Waals surface area contributed by atoms with Crippen LogP contribution in [0.3, 0.4) is 0 Å². The maximum Gasteiger partial charge on any atom is 0.0918 e. The van der Waals surface area contributed by atoms with Gasteiger partial charge in [0.05, 0.1) is 12.2 Å². The van der Waals surface area contributed by atoms with Crippen LogP contribution in [0, 0.1) is 0 Å². The zero-order valence-electron chi connectivity index (χ0n) is 7.78. The molecule has 0 saturated carbocycles. The summed E-state index contributed by atoms with van der Waals surface area (Å²) in [6.45, 7) is 0.850. The monoisotopic (exact) mass is 276 g/mol. The SMILES string of the molecule is OC(CC1CCCO1)c1sccc1Br. The fourth-order valence-corrected chi connectivity index (χ4v) is 3.37. The Morgan fingerprint density at radius 2 is 2.57 bits per heavy atom. The fourth-order valence-electron chi connectivity index (χ4n) is 1.73. The maximum atomic E-state index is 9.95. The normalized spacial score (nSPS) is 24.0. The van der Waals surface area contributed by atoms with Gasteiger partial charge in [-0.25, -0.2) is 0 Å². The molecule has 1 fully saturated rings. The standard InChI is InChI=1S/C10H13BrO2S/c11-8-3-5-14-10(8)9(12)6-7-2-1-4-13-7/h3,5,7,9,12H,1-2,4,6H2. The summed E-state index contributed by atoms with van der Waals surface area (Å²) in [5.74, 6) is 0. The molecule has 78 valence electrons. The molecule has 2 rings (SSSR count). The van der Waals surface area contributed by atoms with Gasteiger partial charge in [0.15, 0.2) is 0 Å². The largest absolute Gasteiger partial charge is 0.387 e. The average molecular weight is 277 g/mol. The van der Waals surface area contributed by atoms with Crippen LogP contribution in [-0.2, 0) is 4.74 Å². The fraction of sp³-hybridized carbons (Fsp3) is 0.600. The van der Waals surface area contributed by atoms with Gasteiger partial charge in [0.2, 0.25) is 0 Å². The molecular weight excluding hydrogens is 264 g/mol. The van der Waals surface area contributed by atoms with E-state index in [1.807, 2.05) is 11.4 Å². The van der Waals surface area contributed by atoms with Crippen LogP contribution >= 0.6 is 27.3 Å². The molecule has 1 aromatic heterocycles. The molecule has 0 aliphatic carbocycles. The number of hydrogen-bond donors (Lipinski definition) is 1. The molecule has 2 unspecified atom stereocenters. The summed E-state index contributed by atoms with van der Waals surface area (Å²) in [5, 5.41) is 11.9. The summed E-state index contributed by atoms with van der Waals surface area (Å²) in [5.41, 5.74) is 0. The van der Waals surface area contributed by atoms with Gasteiger partial charge in [-0.2, -0.15) is 0 Å². The minimum absolute atomic E-state index is 0.249. The Labute approximate surface area is 96.0 Å². The molecule has 14 heavy (non-hydrogen) atoms. The molecule has 0 radical (unpaired) electrons. The van der Waals surface area contributed by atoms with Crippen LogP contribution in [0.1, 0.15) is 30.2 Å². The van der Waals surface area contributed by atoms with Crippen molar-refractivity contribution in [3.05, 3.63) is 20.8 Å². The molecule has 2 heterocycles. The van der Waals surface area contributed by atoms with Crippen LogP contribution in [-0.4, -0.2) is 17.8 Å². The van der Waals surface area contributed by atoms with E-state index in [9.17, 15) is 5.11 Å². The maximum absolute atomic E-state index is 9.95. The highest BCUT2D eigenvalue weighted by molar-refractivity contribution is 9.10. The Bertz CT molecular complexity index is 294. The van der Waals surface area contributed by atoms with Crippen LogP contribution in [0.2, 0.25) is 0 Å². The molecule has 0 spiro atoms. The van der Waals surface area contributed by atoms with E-state index >= 15 is 0 Å². The smallest absolute Gasteiger partial charge is 0.0918 e. The summed E-state index contributed by atoms with van der Waals surface area (Å²) >= 11 is 5.01. The van der Waals surface area contributed by atoms with E-state index in [0.717, 1.165) is 35.2 Å². The number of thiophene rings is 1. The van der Waals surface area contributed by atoms with E-state index in [1.54, 1.807) is 11.3 Å². The summed E-state index contributed by atoms with van der Waals surface area (Å²) in [6, 6.07) is 1.97. The van der Waals surface area contributed by atoms with Gasteiger partial charge in [0, 0.05) is 22.4 Å². The van der Waals surface area contributed by atoms with Crippen molar-refractivity contribution in [2.45, 2.75) is 31.5 Å². The number of aliphatic hydroxyl groups excluding tert-OH is 1. The first-order chi connectivity index (χ1) is 6.77. The van der Waals surface area contributed by atoms with Gasteiger partial charge < -0.3 is 9.84 Å². The summed E-state index contributed by atoms with van der Waals surface area (Å²) in [7, 11) is 0. The first-order valence-corrected chi connectivity index (χ1v) is 6.47. The Morgan fingerprint density at radius 3 is 3.14 bits per heavy atom.